The van der Waals surface area contributed by atoms with E-state index in [-0.39, 0.29) is 18.4 Å². The van der Waals surface area contributed by atoms with E-state index in [1.807, 2.05) is 18.4 Å². The summed E-state index contributed by atoms with van der Waals surface area (Å²) in [5, 5.41) is 11.8. The van der Waals surface area contributed by atoms with Gasteiger partial charge in [0.25, 0.3) is 0 Å². The molecule has 1 heterocycles. The minimum absolute atomic E-state index is 0.149. The molecule has 0 aliphatic carbocycles. The number of hydrogen-bond acceptors (Lipinski definition) is 4. The number of aliphatic hydroxyl groups is 1. The molecule has 0 fully saturated rings. The van der Waals surface area contributed by atoms with Crippen molar-refractivity contribution in [1.82, 2.24) is 5.32 Å². The standard InChI is InChI=1S/C17H21NO2S2/c1-22-15-7-3-2-6-14(15)13-9-8-12(5-4-10-19)17(21)18-16(20)11-13/h2-3,6-7,11-12,19H,4-5,8-10H2,1H3,(H,18,20,21). The first-order valence-corrected chi connectivity index (χ1v) is 9.08. The smallest absolute Gasteiger partial charge is 0.249 e. The first kappa shape index (κ1) is 17.2. The lowest BCUT2D eigenvalue weighted by Gasteiger charge is -2.22. The van der Waals surface area contributed by atoms with Gasteiger partial charge in [-0.2, -0.15) is 0 Å². The molecule has 1 amide bonds. The first-order valence-electron chi connectivity index (χ1n) is 7.45. The highest BCUT2D eigenvalue weighted by atomic mass is 32.2. The summed E-state index contributed by atoms with van der Waals surface area (Å²) in [4.78, 5) is 13.9. The van der Waals surface area contributed by atoms with Crippen molar-refractivity contribution in [3.63, 3.8) is 0 Å². The van der Waals surface area contributed by atoms with Crippen LogP contribution < -0.4 is 5.32 Å². The van der Waals surface area contributed by atoms with Crippen molar-refractivity contribution < 1.29 is 9.90 Å². The number of thioether (sulfide) groups is 1. The van der Waals surface area contributed by atoms with E-state index in [1.165, 1.54) is 4.90 Å². The highest BCUT2D eigenvalue weighted by molar-refractivity contribution is 7.98. The molecule has 2 rings (SSSR count). The van der Waals surface area contributed by atoms with Gasteiger partial charge in [-0.3, -0.25) is 4.79 Å². The summed E-state index contributed by atoms with van der Waals surface area (Å²) in [6.07, 6.45) is 6.95. The van der Waals surface area contributed by atoms with Crippen LogP contribution in [0.4, 0.5) is 0 Å². The number of amides is 1. The van der Waals surface area contributed by atoms with Crippen LogP contribution in [0.2, 0.25) is 0 Å². The fraction of sp³-hybridized carbons (Fsp3) is 0.412. The van der Waals surface area contributed by atoms with E-state index in [0.29, 0.717) is 11.4 Å². The molecule has 1 aliphatic heterocycles. The van der Waals surface area contributed by atoms with E-state index in [1.54, 1.807) is 17.8 Å². The van der Waals surface area contributed by atoms with Gasteiger partial charge >= 0.3 is 0 Å². The second-order valence-electron chi connectivity index (χ2n) is 5.32. The quantitative estimate of drug-likeness (QED) is 0.639. The van der Waals surface area contributed by atoms with Crippen molar-refractivity contribution in [3.05, 3.63) is 35.9 Å². The van der Waals surface area contributed by atoms with Gasteiger partial charge in [-0.1, -0.05) is 30.4 Å². The molecule has 1 aromatic carbocycles. The zero-order chi connectivity index (χ0) is 15.9. The molecule has 1 unspecified atom stereocenters. The van der Waals surface area contributed by atoms with Gasteiger partial charge in [0.1, 0.15) is 0 Å². The second kappa shape index (κ2) is 8.46. The molecule has 118 valence electrons. The van der Waals surface area contributed by atoms with Crippen molar-refractivity contribution in [2.75, 3.05) is 12.9 Å². The third kappa shape index (κ3) is 4.41. The summed E-state index contributed by atoms with van der Waals surface area (Å²) in [6, 6.07) is 8.15. The van der Waals surface area contributed by atoms with Crippen LogP contribution in [-0.2, 0) is 4.79 Å². The lowest BCUT2D eigenvalue weighted by Crippen LogP contribution is -2.34. The Bertz CT molecular complexity index is 584. The third-order valence-electron chi connectivity index (χ3n) is 3.85. The fourth-order valence-corrected chi connectivity index (χ4v) is 3.66. The van der Waals surface area contributed by atoms with Crippen LogP contribution in [0.15, 0.2) is 35.2 Å². The van der Waals surface area contributed by atoms with E-state index < -0.39 is 0 Å². The number of nitrogens with one attached hydrogen (secondary N) is 1. The van der Waals surface area contributed by atoms with Gasteiger partial charge in [0, 0.05) is 23.5 Å². The molecule has 5 heteroatoms. The van der Waals surface area contributed by atoms with Crippen LogP contribution in [0.3, 0.4) is 0 Å². The summed E-state index contributed by atoms with van der Waals surface area (Å²) >= 11 is 7.01. The van der Waals surface area contributed by atoms with E-state index >= 15 is 0 Å². The molecule has 0 aromatic heterocycles. The summed E-state index contributed by atoms with van der Waals surface area (Å²) in [7, 11) is 0. The Kier molecular flexibility index (Phi) is 6.61. The monoisotopic (exact) mass is 335 g/mol. The highest BCUT2D eigenvalue weighted by Gasteiger charge is 2.21. The Balaban J connectivity index is 2.25. The summed E-state index contributed by atoms with van der Waals surface area (Å²) in [6.45, 7) is 0.158. The summed E-state index contributed by atoms with van der Waals surface area (Å²) in [5.74, 6) is 0.000784. The van der Waals surface area contributed by atoms with E-state index in [4.69, 9.17) is 17.3 Å². The first-order chi connectivity index (χ1) is 10.7. The maximum absolute atomic E-state index is 12.1. The molecule has 0 spiro atoms. The molecule has 22 heavy (non-hydrogen) atoms. The fourth-order valence-electron chi connectivity index (χ4n) is 2.69. The Hall–Kier alpha value is -1.17. The SMILES string of the molecule is CSc1ccccc1C1=CC(=O)NC(=S)C(CCCO)CC1. The molecular weight excluding hydrogens is 314 g/mol. The van der Waals surface area contributed by atoms with Crippen LogP contribution in [0, 0.1) is 5.92 Å². The molecule has 1 aliphatic rings. The normalized spacial score (nSPS) is 19.2. The lowest BCUT2D eigenvalue weighted by molar-refractivity contribution is -0.115. The van der Waals surface area contributed by atoms with Crippen molar-refractivity contribution in [3.8, 4) is 0 Å². The van der Waals surface area contributed by atoms with Crippen molar-refractivity contribution in [2.24, 2.45) is 5.92 Å². The Morgan fingerprint density at radius 3 is 2.91 bits per heavy atom. The number of benzene rings is 1. The average Bonchev–Trinajstić information content (AvgIpc) is 2.52. The second-order valence-corrected chi connectivity index (χ2v) is 6.61. The molecule has 0 radical (unpaired) electrons. The molecule has 0 bridgehead atoms. The molecule has 2 N–H and O–H groups in total. The highest BCUT2D eigenvalue weighted by Crippen LogP contribution is 2.32. The number of carbonyl (C=O) groups is 1. The Morgan fingerprint density at radius 1 is 1.41 bits per heavy atom. The van der Waals surface area contributed by atoms with Gasteiger partial charge in [-0.15, -0.1) is 11.8 Å². The predicted molar refractivity (Wildman–Crippen MR) is 96.0 cm³/mol. The minimum Gasteiger partial charge on any atom is -0.396 e. The number of rotatable bonds is 5. The molecule has 1 atom stereocenters. The van der Waals surface area contributed by atoms with Gasteiger partial charge in [-0.05, 0) is 49.1 Å². The Labute approximate surface area is 141 Å². The van der Waals surface area contributed by atoms with Crippen molar-refractivity contribution in [1.29, 1.82) is 0 Å². The predicted octanol–water partition coefficient (Wildman–Crippen LogP) is 3.42. The molecule has 3 nitrogen and oxygen atoms in total. The molecular formula is C17H21NO2S2. The minimum atomic E-state index is -0.149. The molecule has 1 aromatic rings. The zero-order valence-corrected chi connectivity index (χ0v) is 14.3. The van der Waals surface area contributed by atoms with Gasteiger partial charge < -0.3 is 10.4 Å². The number of hydrogen-bond donors (Lipinski definition) is 2. The average molecular weight is 335 g/mol. The van der Waals surface area contributed by atoms with E-state index in [0.717, 1.165) is 30.4 Å². The largest absolute Gasteiger partial charge is 0.396 e. The van der Waals surface area contributed by atoms with Crippen LogP contribution in [0.1, 0.15) is 31.2 Å². The van der Waals surface area contributed by atoms with Crippen molar-refractivity contribution >= 4 is 40.4 Å². The summed E-state index contributed by atoms with van der Waals surface area (Å²) < 4.78 is 0. The zero-order valence-electron chi connectivity index (χ0n) is 12.7. The lowest BCUT2D eigenvalue weighted by atomic mass is 9.90. The topological polar surface area (TPSA) is 49.3 Å². The van der Waals surface area contributed by atoms with Crippen molar-refractivity contribution in [2.45, 2.75) is 30.6 Å². The number of carbonyl (C=O) groups excluding carboxylic acids is 1. The molecule has 0 saturated carbocycles. The van der Waals surface area contributed by atoms with Gasteiger partial charge in [-0.25, -0.2) is 0 Å². The number of aliphatic hydroxyl groups excluding tert-OH is 1. The maximum Gasteiger partial charge on any atom is 0.249 e. The third-order valence-corrected chi connectivity index (χ3v) is 5.08. The van der Waals surface area contributed by atoms with Crippen LogP contribution in [0.5, 0.6) is 0 Å². The van der Waals surface area contributed by atoms with Gasteiger partial charge in [0.15, 0.2) is 0 Å². The molecule has 0 saturated heterocycles. The van der Waals surface area contributed by atoms with E-state index in [9.17, 15) is 4.79 Å². The van der Waals surface area contributed by atoms with Crippen LogP contribution in [-0.4, -0.2) is 28.9 Å². The van der Waals surface area contributed by atoms with Gasteiger partial charge in [0.05, 0.1) is 4.99 Å². The van der Waals surface area contributed by atoms with Crippen LogP contribution in [0.25, 0.3) is 5.57 Å². The number of thiocarbonyl (C=S) groups is 1. The number of allylic oxidation sites excluding steroid dienone is 1. The van der Waals surface area contributed by atoms with Gasteiger partial charge in [0.2, 0.25) is 5.91 Å². The Morgan fingerprint density at radius 2 is 2.18 bits per heavy atom. The summed E-state index contributed by atoms with van der Waals surface area (Å²) in [5.41, 5.74) is 2.18. The van der Waals surface area contributed by atoms with E-state index in [2.05, 4.69) is 17.4 Å². The maximum atomic E-state index is 12.1. The van der Waals surface area contributed by atoms with Crippen LogP contribution >= 0.6 is 24.0 Å².